The van der Waals surface area contributed by atoms with Crippen LogP contribution < -0.4 is 4.18 Å². The smallest absolute Gasteiger partial charge is 0.339 e. The lowest BCUT2D eigenvalue weighted by molar-refractivity contribution is 0.482. The highest BCUT2D eigenvalue weighted by Gasteiger charge is 2.34. The molecule has 3 rings (SSSR count). The van der Waals surface area contributed by atoms with E-state index in [1.54, 1.807) is 12.1 Å². The minimum atomic E-state index is -4.25. The monoisotopic (exact) mass is 671 g/mol. The van der Waals surface area contributed by atoms with Gasteiger partial charge in [-0.05, 0) is 46.6 Å². The molecule has 0 N–H and O–H groups in total. The molecular formula is C26H27Cl6N3O3S. The minimum absolute atomic E-state index is 0.0116. The number of hydrogen-bond acceptors (Lipinski definition) is 6. The number of alkyl halides is 6. The first-order valence-corrected chi connectivity index (χ1v) is 15.6. The quantitative estimate of drug-likeness (QED) is 0.184. The summed E-state index contributed by atoms with van der Waals surface area (Å²) >= 11 is 35.9. The molecule has 0 atom stereocenters. The average molecular weight is 674 g/mol. The van der Waals surface area contributed by atoms with Crippen molar-refractivity contribution in [2.75, 3.05) is 0 Å². The Morgan fingerprint density at radius 2 is 1.21 bits per heavy atom. The summed E-state index contributed by atoms with van der Waals surface area (Å²) in [5.41, 5.74) is 2.77. The minimum Gasteiger partial charge on any atom is -0.379 e. The van der Waals surface area contributed by atoms with E-state index < -0.39 is 17.7 Å². The van der Waals surface area contributed by atoms with Crippen LogP contribution in [0.25, 0.3) is 11.4 Å². The Balaban J connectivity index is 2.14. The molecule has 0 amide bonds. The maximum atomic E-state index is 13.8. The predicted octanol–water partition coefficient (Wildman–Crippen LogP) is 9.33. The van der Waals surface area contributed by atoms with Crippen LogP contribution in [-0.4, -0.2) is 23.4 Å². The summed E-state index contributed by atoms with van der Waals surface area (Å²) in [6.07, 6.45) is 0. The molecule has 0 aliphatic carbocycles. The van der Waals surface area contributed by atoms with Crippen molar-refractivity contribution in [3.8, 4) is 17.1 Å². The van der Waals surface area contributed by atoms with Gasteiger partial charge in [-0.25, -0.2) is 15.0 Å². The van der Waals surface area contributed by atoms with Crippen molar-refractivity contribution in [1.29, 1.82) is 0 Å². The largest absolute Gasteiger partial charge is 0.379 e. The first-order chi connectivity index (χ1) is 17.8. The van der Waals surface area contributed by atoms with Gasteiger partial charge in [-0.1, -0.05) is 135 Å². The van der Waals surface area contributed by atoms with Crippen LogP contribution in [0.5, 0.6) is 5.75 Å². The van der Waals surface area contributed by atoms with Crippen LogP contribution in [0.15, 0.2) is 41.3 Å². The molecule has 0 saturated heterocycles. The van der Waals surface area contributed by atoms with Gasteiger partial charge in [0.1, 0.15) is 10.6 Å². The zero-order chi connectivity index (χ0) is 29.5. The molecule has 0 aliphatic heterocycles. The molecule has 13 heteroatoms. The number of rotatable bonds is 7. The normalized spacial score (nSPS) is 13.0. The Labute approximate surface area is 259 Å². The van der Waals surface area contributed by atoms with E-state index in [0.29, 0.717) is 16.7 Å². The van der Waals surface area contributed by atoms with E-state index in [1.165, 1.54) is 12.1 Å². The highest BCUT2D eigenvalue weighted by molar-refractivity contribution is 7.87. The molecule has 1 heterocycles. The van der Waals surface area contributed by atoms with E-state index in [2.05, 4.69) is 28.8 Å². The lowest BCUT2D eigenvalue weighted by atomic mass is 9.89. The van der Waals surface area contributed by atoms with Crippen LogP contribution in [0.4, 0.5) is 0 Å². The first-order valence-electron chi connectivity index (χ1n) is 11.9. The molecule has 212 valence electrons. The molecule has 0 saturated carbocycles. The van der Waals surface area contributed by atoms with Crippen LogP contribution in [0.2, 0.25) is 0 Å². The fraction of sp³-hybridized carbons (Fsp3) is 0.423. The molecule has 0 spiro atoms. The average Bonchev–Trinajstić information content (AvgIpc) is 2.81. The number of halogens is 6. The van der Waals surface area contributed by atoms with Crippen molar-refractivity contribution in [3.63, 3.8) is 0 Å². The van der Waals surface area contributed by atoms with Crippen molar-refractivity contribution in [2.45, 2.75) is 71.8 Å². The molecule has 0 fully saturated rings. The second kappa shape index (κ2) is 12.0. The fourth-order valence-electron chi connectivity index (χ4n) is 3.79. The van der Waals surface area contributed by atoms with Gasteiger partial charge in [0.2, 0.25) is 7.59 Å². The van der Waals surface area contributed by atoms with E-state index in [1.807, 2.05) is 39.8 Å². The molecule has 0 radical (unpaired) electrons. The van der Waals surface area contributed by atoms with Gasteiger partial charge in [0.15, 0.2) is 17.5 Å². The Morgan fingerprint density at radius 3 is 1.62 bits per heavy atom. The van der Waals surface area contributed by atoms with E-state index in [-0.39, 0.29) is 45.9 Å². The summed E-state index contributed by atoms with van der Waals surface area (Å²) < 4.78 is 29.2. The SMILES string of the molecule is CC(C)c1cc(C(C)C)c(S(=O)(=O)Oc2cccc(-c3nc(C(Cl)(Cl)Cl)nc(C(Cl)(Cl)Cl)n3)c2)c(C(C)C)c1. The summed E-state index contributed by atoms with van der Waals surface area (Å²) in [6, 6.07) is 9.99. The van der Waals surface area contributed by atoms with E-state index in [0.717, 1.165) is 5.56 Å². The Hall–Kier alpha value is -1.06. The predicted molar refractivity (Wildman–Crippen MR) is 160 cm³/mol. The number of benzene rings is 2. The van der Waals surface area contributed by atoms with Gasteiger partial charge in [-0.15, -0.1) is 0 Å². The molecule has 0 unspecified atom stereocenters. The van der Waals surface area contributed by atoms with Crippen molar-refractivity contribution in [3.05, 3.63) is 64.7 Å². The van der Waals surface area contributed by atoms with Crippen LogP contribution in [0, 0.1) is 0 Å². The maximum absolute atomic E-state index is 13.8. The first kappa shape index (κ1) is 32.5. The Bertz CT molecular complexity index is 1410. The summed E-state index contributed by atoms with van der Waals surface area (Å²) in [6.45, 7) is 12.0. The molecule has 0 bridgehead atoms. The van der Waals surface area contributed by atoms with Crippen molar-refractivity contribution < 1.29 is 12.6 Å². The highest BCUT2D eigenvalue weighted by Crippen LogP contribution is 2.41. The lowest BCUT2D eigenvalue weighted by Gasteiger charge is -2.22. The van der Waals surface area contributed by atoms with Crippen LogP contribution in [0.1, 0.15) is 87.6 Å². The summed E-state index contributed by atoms with van der Waals surface area (Å²) in [5, 5.41) is 0. The second-order valence-corrected chi connectivity index (χ2v) is 15.9. The van der Waals surface area contributed by atoms with E-state index in [4.69, 9.17) is 73.8 Å². The molecule has 6 nitrogen and oxygen atoms in total. The molecular weight excluding hydrogens is 647 g/mol. The third-order valence-electron chi connectivity index (χ3n) is 5.77. The highest BCUT2D eigenvalue weighted by atomic mass is 35.6. The molecule has 1 aromatic heterocycles. The van der Waals surface area contributed by atoms with Crippen LogP contribution in [0.3, 0.4) is 0 Å². The maximum Gasteiger partial charge on any atom is 0.339 e. The van der Waals surface area contributed by atoms with Crippen molar-refractivity contribution >= 4 is 79.7 Å². The summed E-state index contributed by atoms with van der Waals surface area (Å²) in [7, 11) is -4.25. The number of aromatic nitrogens is 3. The van der Waals surface area contributed by atoms with Gasteiger partial charge in [-0.2, -0.15) is 8.42 Å². The standard InChI is InChI=1S/C26H27Cl6N3O3S/c1-13(2)17-11-19(14(3)4)21(20(12-17)15(5)6)39(36,37)38-18-9-7-8-16(10-18)22-33-23(25(27,28)29)35-24(34-22)26(30,31)32/h7-15H,1-6H3. The van der Waals surface area contributed by atoms with E-state index >= 15 is 0 Å². The topological polar surface area (TPSA) is 82.0 Å². The number of hydrogen-bond donors (Lipinski definition) is 0. The van der Waals surface area contributed by atoms with Gasteiger partial charge in [-0.3, -0.25) is 0 Å². The Morgan fingerprint density at radius 1 is 0.718 bits per heavy atom. The molecule has 3 aromatic rings. The summed E-state index contributed by atoms with van der Waals surface area (Å²) in [5.74, 6) is -0.431. The van der Waals surface area contributed by atoms with Gasteiger partial charge >= 0.3 is 10.1 Å². The van der Waals surface area contributed by atoms with Crippen molar-refractivity contribution in [1.82, 2.24) is 15.0 Å². The van der Waals surface area contributed by atoms with Gasteiger partial charge in [0.05, 0.1) is 0 Å². The molecule has 0 aliphatic rings. The second-order valence-electron chi connectivity index (χ2n) is 9.86. The third-order valence-corrected chi connectivity index (χ3v) is 8.17. The fourth-order valence-corrected chi connectivity index (χ4v) is 5.91. The van der Waals surface area contributed by atoms with Crippen molar-refractivity contribution in [2.24, 2.45) is 0 Å². The Kier molecular flexibility index (Phi) is 10.0. The van der Waals surface area contributed by atoms with Crippen LogP contribution >= 0.6 is 69.6 Å². The van der Waals surface area contributed by atoms with Crippen LogP contribution in [-0.2, 0) is 17.7 Å². The summed E-state index contributed by atoms with van der Waals surface area (Å²) in [4.78, 5) is 12.5. The van der Waals surface area contributed by atoms with Gasteiger partial charge < -0.3 is 4.18 Å². The molecule has 2 aromatic carbocycles. The zero-order valence-electron chi connectivity index (χ0n) is 21.9. The van der Waals surface area contributed by atoms with Gasteiger partial charge in [0, 0.05) is 5.56 Å². The number of nitrogens with zero attached hydrogens (tertiary/aromatic N) is 3. The molecule has 39 heavy (non-hydrogen) atoms. The van der Waals surface area contributed by atoms with E-state index in [9.17, 15) is 8.42 Å². The van der Waals surface area contributed by atoms with Gasteiger partial charge in [0.25, 0.3) is 0 Å². The lowest BCUT2D eigenvalue weighted by Crippen LogP contribution is -2.17. The zero-order valence-corrected chi connectivity index (χ0v) is 27.3. The third kappa shape index (κ3) is 7.82.